The number of aliphatic hydroxyl groups is 1. The largest absolute Gasteiger partial charge is 0.392 e. The Kier molecular flexibility index (Phi) is 2.35. The molecule has 0 bridgehead atoms. The van der Waals surface area contributed by atoms with Gasteiger partial charge < -0.3 is 5.11 Å². The molecule has 1 heterocycles. The molecule has 0 unspecified atom stereocenters. The SMILES string of the molecule is CC(=O)S[C@]12CC[C@H](O)[C@H]1C(=O)NC2=O. The minimum Gasteiger partial charge on any atom is -0.392 e. The molecule has 0 aromatic heterocycles. The molecule has 0 aromatic rings. The molecule has 3 atom stereocenters. The van der Waals surface area contributed by atoms with E-state index in [2.05, 4.69) is 5.32 Å². The summed E-state index contributed by atoms with van der Waals surface area (Å²) < 4.78 is -1.05. The molecule has 15 heavy (non-hydrogen) atoms. The van der Waals surface area contributed by atoms with Gasteiger partial charge in [-0.05, 0) is 12.8 Å². The summed E-state index contributed by atoms with van der Waals surface area (Å²) in [6.45, 7) is 1.36. The van der Waals surface area contributed by atoms with Crippen molar-refractivity contribution in [2.75, 3.05) is 0 Å². The molecule has 1 aliphatic heterocycles. The Labute approximate surface area is 90.6 Å². The van der Waals surface area contributed by atoms with Crippen molar-refractivity contribution in [3.05, 3.63) is 0 Å². The zero-order chi connectivity index (χ0) is 11.2. The van der Waals surface area contributed by atoms with E-state index >= 15 is 0 Å². The van der Waals surface area contributed by atoms with Gasteiger partial charge in [-0.3, -0.25) is 19.7 Å². The van der Waals surface area contributed by atoms with E-state index in [1.807, 2.05) is 0 Å². The first-order chi connectivity index (χ1) is 6.97. The number of rotatable bonds is 1. The van der Waals surface area contributed by atoms with Gasteiger partial charge in [0.15, 0.2) is 5.12 Å². The number of hydrogen-bond acceptors (Lipinski definition) is 5. The van der Waals surface area contributed by atoms with Gasteiger partial charge in [0.05, 0.1) is 12.0 Å². The predicted octanol–water partition coefficient (Wildman–Crippen LogP) is -0.568. The minimum absolute atomic E-state index is 0.209. The third-order valence-electron chi connectivity index (χ3n) is 2.93. The van der Waals surface area contributed by atoms with E-state index in [0.29, 0.717) is 12.8 Å². The molecule has 0 spiro atoms. The molecule has 2 rings (SSSR count). The number of amides is 2. The Morgan fingerprint density at radius 2 is 2.27 bits per heavy atom. The number of hydrogen-bond donors (Lipinski definition) is 2. The molecular formula is C9H11NO4S. The van der Waals surface area contributed by atoms with E-state index < -0.39 is 28.6 Å². The maximum absolute atomic E-state index is 11.7. The van der Waals surface area contributed by atoms with Crippen molar-refractivity contribution in [3.8, 4) is 0 Å². The van der Waals surface area contributed by atoms with E-state index in [1.54, 1.807) is 0 Å². The maximum Gasteiger partial charge on any atom is 0.244 e. The van der Waals surface area contributed by atoms with Crippen LogP contribution in [0.2, 0.25) is 0 Å². The van der Waals surface area contributed by atoms with Gasteiger partial charge in [-0.1, -0.05) is 11.8 Å². The molecule has 82 valence electrons. The van der Waals surface area contributed by atoms with Crippen molar-refractivity contribution < 1.29 is 19.5 Å². The van der Waals surface area contributed by atoms with E-state index in [1.165, 1.54) is 6.92 Å². The van der Waals surface area contributed by atoms with E-state index in [4.69, 9.17) is 0 Å². The van der Waals surface area contributed by atoms with Crippen LogP contribution in [0.3, 0.4) is 0 Å². The van der Waals surface area contributed by atoms with Crippen LogP contribution in [-0.4, -0.2) is 32.9 Å². The van der Waals surface area contributed by atoms with Crippen LogP contribution in [0.1, 0.15) is 19.8 Å². The van der Waals surface area contributed by atoms with Gasteiger partial charge in [-0.15, -0.1) is 0 Å². The maximum atomic E-state index is 11.7. The molecular weight excluding hydrogens is 218 g/mol. The summed E-state index contributed by atoms with van der Waals surface area (Å²) in [5.41, 5.74) is 0. The molecule has 2 aliphatic rings. The molecule has 2 fully saturated rings. The predicted molar refractivity (Wildman–Crippen MR) is 52.9 cm³/mol. The Morgan fingerprint density at radius 1 is 1.60 bits per heavy atom. The molecule has 1 aliphatic carbocycles. The van der Waals surface area contributed by atoms with Gasteiger partial charge in [0.1, 0.15) is 4.75 Å². The summed E-state index contributed by atoms with van der Waals surface area (Å²) in [5.74, 6) is -1.66. The lowest BCUT2D eigenvalue weighted by atomic mass is 9.97. The number of aliphatic hydroxyl groups excluding tert-OH is 1. The number of nitrogens with one attached hydrogen (secondary N) is 1. The number of carbonyl (C=O) groups excluding carboxylic acids is 3. The average Bonchev–Trinajstić information content (AvgIpc) is 2.53. The van der Waals surface area contributed by atoms with Crippen LogP contribution in [0.25, 0.3) is 0 Å². The van der Waals surface area contributed by atoms with Gasteiger partial charge in [0, 0.05) is 6.92 Å². The second-order valence-corrected chi connectivity index (χ2v) is 5.39. The molecule has 1 saturated heterocycles. The van der Waals surface area contributed by atoms with Crippen LogP contribution >= 0.6 is 11.8 Å². The number of fused-ring (bicyclic) bond motifs is 1. The lowest BCUT2D eigenvalue weighted by Crippen LogP contribution is -2.38. The highest BCUT2D eigenvalue weighted by molar-refractivity contribution is 8.15. The minimum atomic E-state index is -1.05. The van der Waals surface area contributed by atoms with Crippen molar-refractivity contribution in [2.24, 2.45) is 5.92 Å². The van der Waals surface area contributed by atoms with E-state index in [-0.39, 0.29) is 5.12 Å². The summed E-state index contributed by atoms with van der Waals surface area (Å²) >= 11 is 0.864. The Hall–Kier alpha value is -0.880. The summed E-state index contributed by atoms with van der Waals surface area (Å²) in [6.07, 6.45) is -0.0478. The zero-order valence-corrected chi connectivity index (χ0v) is 8.97. The van der Waals surface area contributed by atoms with Crippen molar-refractivity contribution in [1.82, 2.24) is 5.32 Å². The Balaban J connectivity index is 2.38. The molecule has 2 N–H and O–H groups in total. The standard InChI is InChI=1S/C9H11NO4S/c1-4(11)15-9-3-2-5(12)6(9)7(13)10-8(9)14/h5-6,12H,2-3H2,1H3,(H,10,13,14)/t5-,6-,9+/m0/s1. The van der Waals surface area contributed by atoms with Crippen LogP contribution in [-0.2, 0) is 14.4 Å². The Bertz CT molecular complexity index is 356. The number of thioether (sulfide) groups is 1. The molecule has 2 amide bonds. The highest BCUT2D eigenvalue weighted by atomic mass is 32.2. The van der Waals surface area contributed by atoms with Crippen LogP contribution < -0.4 is 5.32 Å². The fourth-order valence-electron chi connectivity index (χ4n) is 2.35. The third-order valence-corrected chi connectivity index (χ3v) is 4.22. The summed E-state index contributed by atoms with van der Waals surface area (Å²) in [4.78, 5) is 34.2. The van der Waals surface area contributed by atoms with Crippen LogP contribution in [0, 0.1) is 5.92 Å². The normalized spacial score (nSPS) is 39.1. The number of imide groups is 1. The molecule has 0 radical (unpaired) electrons. The third kappa shape index (κ3) is 1.39. The first kappa shape index (κ1) is 10.6. The quantitative estimate of drug-likeness (QED) is 0.588. The monoisotopic (exact) mass is 229 g/mol. The lowest BCUT2D eigenvalue weighted by molar-refractivity contribution is -0.127. The smallest absolute Gasteiger partial charge is 0.244 e. The molecule has 1 saturated carbocycles. The molecule has 0 aromatic carbocycles. The van der Waals surface area contributed by atoms with Gasteiger partial charge in [-0.25, -0.2) is 0 Å². The van der Waals surface area contributed by atoms with E-state index in [9.17, 15) is 19.5 Å². The van der Waals surface area contributed by atoms with Crippen molar-refractivity contribution >= 4 is 28.7 Å². The first-order valence-electron chi connectivity index (χ1n) is 4.70. The first-order valence-corrected chi connectivity index (χ1v) is 5.52. The fourth-order valence-corrected chi connectivity index (χ4v) is 3.62. The summed E-state index contributed by atoms with van der Waals surface area (Å²) in [5, 5.41) is 11.6. The van der Waals surface area contributed by atoms with Crippen molar-refractivity contribution in [1.29, 1.82) is 0 Å². The Morgan fingerprint density at radius 3 is 2.87 bits per heavy atom. The second kappa shape index (κ2) is 3.31. The highest BCUT2D eigenvalue weighted by Gasteiger charge is 2.62. The van der Waals surface area contributed by atoms with E-state index in [0.717, 1.165) is 11.8 Å². The highest BCUT2D eigenvalue weighted by Crippen LogP contribution is 2.49. The second-order valence-electron chi connectivity index (χ2n) is 3.89. The summed E-state index contributed by atoms with van der Waals surface area (Å²) in [7, 11) is 0. The fraction of sp³-hybridized carbons (Fsp3) is 0.667. The van der Waals surface area contributed by atoms with Gasteiger partial charge >= 0.3 is 0 Å². The van der Waals surface area contributed by atoms with Crippen molar-refractivity contribution in [2.45, 2.75) is 30.6 Å². The summed E-state index contributed by atoms with van der Waals surface area (Å²) in [6, 6.07) is 0. The lowest BCUT2D eigenvalue weighted by Gasteiger charge is -2.22. The van der Waals surface area contributed by atoms with Crippen molar-refractivity contribution in [3.63, 3.8) is 0 Å². The van der Waals surface area contributed by atoms with Gasteiger partial charge in [-0.2, -0.15) is 0 Å². The number of carbonyl (C=O) groups is 3. The topological polar surface area (TPSA) is 83.5 Å². The molecule has 6 heteroatoms. The van der Waals surface area contributed by atoms with Crippen LogP contribution in [0.4, 0.5) is 0 Å². The van der Waals surface area contributed by atoms with Crippen LogP contribution in [0.15, 0.2) is 0 Å². The molecule has 5 nitrogen and oxygen atoms in total. The zero-order valence-electron chi connectivity index (χ0n) is 8.15. The average molecular weight is 229 g/mol. The van der Waals surface area contributed by atoms with Gasteiger partial charge in [0.2, 0.25) is 11.8 Å². The van der Waals surface area contributed by atoms with Crippen LogP contribution in [0.5, 0.6) is 0 Å². The van der Waals surface area contributed by atoms with Gasteiger partial charge in [0.25, 0.3) is 0 Å².